The Kier molecular flexibility index (Phi) is 4.91. The molecule has 0 aliphatic heterocycles. The van der Waals surface area contributed by atoms with E-state index in [-0.39, 0.29) is 0 Å². The zero-order valence-corrected chi connectivity index (χ0v) is 12.9. The fourth-order valence-corrected chi connectivity index (χ4v) is 2.61. The largest absolute Gasteiger partial charge is 0.120 e. The summed E-state index contributed by atoms with van der Waals surface area (Å²) >= 11 is 2.55. The molecule has 1 rings (SSSR count). The maximum absolute atomic E-state index is 5.31. The highest BCUT2D eigenvalue weighted by Crippen LogP contribution is 2.42. The Morgan fingerprint density at radius 3 is 2.81 bits per heavy atom. The third kappa shape index (κ3) is 4.91. The maximum atomic E-state index is 5.31. The molecule has 16 heavy (non-hydrogen) atoms. The van der Waals surface area contributed by atoms with Gasteiger partial charge in [0.1, 0.15) is 0 Å². The third-order valence-corrected chi connectivity index (χ3v) is 3.99. The lowest BCUT2D eigenvalue weighted by atomic mass is 9.81. The molecule has 0 N–H and O–H groups in total. The first kappa shape index (κ1) is 14.1. The van der Waals surface area contributed by atoms with Crippen LogP contribution in [0.2, 0.25) is 0 Å². The SMILES string of the molecule is C#CCC[C@H]1C=C[C@](C)(CCC(C)(C)I)C1. The van der Waals surface area contributed by atoms with Crippen molar-refractivity contribution in [2.75, 3.05) is 0 Å². The molecule has 0 saturated heterocycles. The lowest BCUT2D eigenvalue weighted by Crippen LogP contribution is -2.18. The van der Waals surface area contributed by atoms with Crippen LogP contribution in [0, 0.1) is 23.7 Å². The van der Waals surface area contributed by atoms with Gasteiger partial charge in [0.15, 0.2) is 0 Å². The molecule has 0 saturated carbocycles. The Bertz CT molecular complexity index is 290. The van der Waals surface area contributed by atoms with Crippen LogP contribution < -0.4 is 0 Å². The van der Waals surface area contributed by atoms with Crippen LogP contribution in [0.5, 0.6) is 0 Å². The van der Waals surface area contributed by atoms with Gasteiger partial charge in [0, 0.05) is 9.84 Å². The van der Waals surface area contributed by atoms with E-state index in [9.17, 15) is 0 Å². The highest BCUT2D eigenvalue weighted by Gasteiger charge is 2.30. The van der Waals surface area contributed by atoms with Gasteiger partial charge in [-0.05, 0) is 37.0 Å². The highest BCUT2D eigenvalue weighted by atomic mass is 127. The Balaban J connectivity index is 2.39. The predicted molar refractivity (Wildman–Crippen MR) is 80.8 cm³/mol. The second kappa shape index (κ2) is 5.58. The van der Waals surface area contributed by atoms with Crippen LogP contribution in [0.15, 0.2) is 12.2 Å². The molecule has 1 heteroatoms. The van der Waals surface area contributed by atoms with E-state index in [1.807, 2.05) is 0 Å². The summed E-state index contributed by atoms with van der Waals surface area (Å²) in [4.78, 5) is 0. The quantitative estimate of drug-likeness (QED) is 0.289. The van der Waals surface area contributed by atoms with Crippen LogP contribution in [0.25, 0.3) is 0 Å². The van der Waals surface area contributed by atoms with Crippen LogP contribution in [0.4, 0.5) is 0 Å². The van der Waals surface area contributed by atoms with Crippen LogP contribution >= 0.6 is 22.6 Å². The van der Waals surface area contributed by atoms with E-state index in [1.165, 1.54) is 19.3 Å². The average Bonchev–Trinajstić information content (AvgIpc) is 2.55. The van der Waals surface area contributed by atoms with E-state index in [4.69, 9.17) is 6.42 Å². The smallest absolute Gasteiger partial charge is 0.0166 e. The van der Waals surface area contributed by atoms with Gasteiger partial charge in [-0.15, -0.1) is 12.3 Å². The molecule has 1 aliphatic rings. The minimum Gasteiger partial charge on any atom is -0.120 e. The molecule has 0 aromatic carbocycles. The molecule has 0 aromatic rings. The normalized spacial score (nSPS) is 29.3. The van der Waals surface area contributed by atoms with Crippen molar-refractivity contribution in [2.24, 2.45) is 11.3 Å². The van der Waals surface area contributed by atoms with E-state index in [2.05, 4.69) is 61.4 Å². The molecule has 0 aromatic heterocycles. The molecule has 0 heterocycles. The lowest BCUT2D eigenvalue weighted by molar-refractivity contribution is 0.321. The summed E-state index contributed by atoms with van der Waals surface area (Å²) in [5.74, 6) is 3.46. The number of terminal acetylenes is 1. The maximum Gasteiger partial charge on any atom is 0.0166 e. The third-order valence-electron chi connectivity index (χ3n) is 3.45. The van der Waals surface area contributed by atoms with E-state index < -0.39 is 0 Å². The summed E-state index contributed by atoms with van der Waals surface area (Å²) in [6, 6.07) is 0. The van der Waals surface area contributed by atoms with Crippen molar-refractivity contribution in [2.45, 2.75) is 56.3 Å². The molecular weight excluding hydrogens is 307 g/mol. The number of allylic oxidation sites excluding steroid dienone is 2. The fraction of sp³-hybridized carbons (Fsp3) is 0.733. The molecule has 0 nitrogen and oxygen atoms in total. The van der Waals surface area contributed by atoms with Crippen molar-refractivity contribution in [1.29, 1.82) is 0 Å². The lowest BCUT2D eigenvalue weighted by Gasteiger charge is -2.27. The average molecular weight is 330 g/mol. The van der Waals surface area contributed by atoms with Gasteiger partial charge < -0.3 is 0 Å². The van der Waals surface area contributed by atoms with Gasteiger partial charge in [-0.2, -0.15) is 0 Å². The number of halogens is 1. The van der Waals surface area contributed by atoms with Gasteiger partial charge >= 0.3 is 0 Å². The molecule has 0 radical (unpaired) electrons. The minimum absolute atomic E-state index is 0.418. The molecule has 0 unspecified atom stereocenters. The van der Waals surface area contributed by atoms with Gasteiger partial charge in [-0.25, -0.2) is 0 Å². The zero-order chi connectivity index (χ0) is 12.2. The Labute approximate surface area is 114 Å². The topological polar surface area (TPSA) is 0 Å². The van der Waals surface area contributed by atoms with Crippen molar-refractivity contribution >= 4 is 22.6 Å². The summed E-state index contributed by atoms with van der Waals surface area (Å²) in [5.41, 5.74) is 0.418. The van der Waals surface area contributed by atoms with Crippen LogP contribution in [0.3, 0.4) is 0 Å². The predicted octanol–water partition coefficient (Wildman–Crippen LogP) is 4.98. The van der Waals surface area contributed by atoms with E-state index in [0.29, 0.717) is 8.84 Å². The van der Waals surface area contributed by atoms with Gasteiger partial charge in [-0.1, -0.05) is 55.5 Å². The van der Waals surface area contributed by atoms with Crippen molar-refractivity contribution < 1.29 is 0 Å². The van der Waals surface area contributed by atoms with Crippen molar-refractivity contribution in [3.63, 3.8) is 0 Å². The van der Waals surface area contributed by atoms with Crippen molar-refractivity contribution in [3.8, 4) is 12.3 Å². The van der Waals surface area contributed by atoms with Crippen LogP contribution in [0.1, 0.15) is 52.9 Å². The Morgan fingerprint density at radius 1 is 1.56 bits per heavy atom. The molecule has 90 valence electrons. The molecule has 1 aliphatic carbocycles. The summed E-state index contributed by atoms with van der Waals surface area (Å²) in [5, 5.41) is 0. The number of rotatable bonds is 5. The first-order chi connectivity index (χ1) is 7.35. The van der Waals surface area contributed by atoms with Gasteiger partial charge in [-0.3, -0.25) is 0 Å². The highest BCUT2D eigenvalue weighted by molar-refractivity contribution is 14.1. The monoisotopic (exact) mass is 330 g/mol. The first-order valence-electron chi connectivity index (χ1n) is 6.16. The van der Waals surface area contributed by atoms with E-state index in [0.717, 1.165) is 18.8 Å². The Hall–Kier alpha value is 0.0300. The minimum atomic E-state index is 0.418. The van der Waals surface area contributed by atoms with Gasteiger partial charge in [0.2, 0.25) is 0 Å². The number of alkyl halides is 1. The number of hydrogen-bond acceptors (Lipinski definition) is 0. The second-order valence-corrected chi connectivity index (χ2v) is 8.86. The van der Waals surface area contributed by atoms with Crippen LogP contribution in [-0.4, -0.2) is 3.42 Å². The summed E-state index contributed by atoms with van der Waals surface area (Å²) in [6.45, 7) is 7.01. The molecule has 0 fully saturated rings. The Morgan fingerprint density at radius 2 is 2.25 bits per heavy atom. The van der Waals surface area contributed by atoms with Crippen molar-refractivity contribution in [1.82, 2.24) is 0 Å². The molecular formula is C15H23I. The summed E-state index contributed by atoms with van der Waals surface area (Å²) in [7, 11) is 0. The summed E-state index contributed by atoms with van der Waals surface area (Å²) in [6.07, 6.45) is 16.1. The molecule has 2 atom stereocenters. The zero-order valence-electron chi connectivity index (χ0n) is 10.7. The molecule has 0 spiro atoms. The first-order valence-corrected chi connectivity index (χ1v) is 7.24. The van der Waals surface area contributed by atoms with E-state index >= 15 is 0 Å². The molecule has 0 amide bonds. The summed E-state index contributed by atoms with van der Waals surface area (Å²) < 4.78 is 0.422. The fourth-order valence-electron chi connectivity index (χ4n) is 2.34. The van der Waals surface area contributed by atoms with E-state index in [1.54, 1.807) is 0 Å². The van der Waals surface area contributed by atoms with Gasteiger partial charge in [0.05, 0.1) is 0 Å². The van der Waals surface area contributed by atoms with Crippen molar-refractivity contribution in [3.05, 3.63) is 12.2 Å². The van der Waals surface area contributed by atoms with Crippen LogP contribution in [-0.2, 0) is 0 Å². The standard InChI is InChI=1S/C15H23I/c1-5-6-7-13-8-9-15(4,12-13)11-10-14(2,3)16/h1,8-9,13H,6-7,10-12H2,2-4H3/t13-,15+/m0/s1. The molecule has 0 bridgehead atoms. The number of hydrogen-bond donors (Lipinski definition) is 0. The van der Waals surface area contributed by atoms with Gasteiger partial charge in [0.25, 0.3) is 0 Å². The second-order valence-electron chi connectivity index (χ2n) is 5.94.